The van der Waals surface area contributed by atoms with Crippen LogP contribution in [0.5, 0.6) is 0 Å². The van der Waals surface area contributed by atoms with Gasteiger partial charge in [0, 0.05) is 0 Å². The van der Waals surface area contributed by atoms with E-state index >= 15 is 0 Å². The van der Waals surface area contributed by atoms with E-state index in [-0.39, 0.29) is 0 Å². The van der Waals surface area contributed by atoms with Gasteiger partial charge in [-0.1, -0.05) is 0 Å². The summed E-state index contributed by atoms with van der Waals surface area (Å²) in [6.45, 7) is 0. The molecule has 0 aliphatic rings. The summed E-state index contributed by atoms with van der Waals surface area (Å²) in [6, 6.07) is 0. The van der Waals surface area contributed by atoms with Gasteiger partial charge in [0.25, 0.3) is 0 Å². The Morgan fingerprint density at radius 1 is 1.88 bits per heavy atom. The first-order valence-corrected chi connectivity index (χ1v) is 3.50. The summed E-state index contributed by atoms with van der Waals surface area (Å²) in [6.07, 6.45) is 4.24. The molecular weight excluding hydrogens is 124 g/mol. The zero-order valence-electron chi connectivity index (χ0n) is 4.42. The van der Waals surface area contributed by atoms with Crippen LogP contribution in [0.3, 0.4) is 0 Å². The van der Waals surface area contributed by atoms with Crippen LogP contribution >= 0.6 is 11.8 Å². The Bertz CT molecular complexity index is 140. The molecule has 0 saturated heterocycles. The van der Waals surface area contributed by atoms with E-state index in [1.54, 1.807) is 11.8 Å². The molecule has 0 aromatic carbocycles. The molecule has 43 valence electrons. The largest absolute Gasteiger partial charge is 0.416 e. The van der Waals surface area contributed by atoms with Gasteiger partial charge in [-0.05, 0) is 6.26 Å². The lowest BCUT2D eigenvalue weighted by molar-refractivity contribution is 0.506. The van der Waals surface area contributed by atoms with Crippen molar-refractivity contribution in [2.45, 2.75) is 5.75 Å². The van der Waals surface area contributed by atoms with Crippen LogP contribution in [0.25, 0.3) is 0 Å². The van der Waals surface area contributed by atoms with Crippen LogP contribution in [0.1, 0.15) is 5.89 Å². The molecule has 4 heteroatoms. The molecule has 1 aromatic heterocycles. The van der Waals surface area contributed by atoms with E-state index in [9.17, 15) is 0 Å². The van der Waals surface area contributed by atoms with Crippen molar-refractivity contribution < 1.29 is 4.42 Å². The molecule has 1 radical (unpaired) electrons. The molecule has 8 heavy (non-hydrogen) atoms. The predicted molar refractivity (Wildman–Crippen MR) is 30.4 cm³/mol. The Labute approximate surface area is 51.5 Å². The van der Waals surface area contributed by atoms with Crippen LogP contribution in [0.2, 0.25) is 0 Å². The van der Waals surface area contributed by atoms with E-state index in [0.29, 0.717) is 5.89 Å². The highest BCUT2D eigenvalue weighted by molar-refractivity contribution is 7.97. The first kappa shape index (κ1) is 5.62. The Hall–Kier alpha value is -0.510. The number of nitrogens with zero attached hydrogens (tertiary/aromatic N) is 2. The summed E-state index contributed by atoms with van der Waals surface area (Å²) >= 11 is 1.64. The van der Waals surface area contributed by atoms with Gasteiger partial charge in [-0.2, -0.15) is 11.8 Å². The fraction of sp³-hybridized carbons (Fsp3) is 0.500. The maximum Gasteiger partial charge on any atom is 0.305 e. The minimum absolute atomic E-state index is 0.637. The van der Waals surface area contributed by atoms with Crippen LogP contribution in [-0.2, 0) is 5.75 Å². The van der Waals surface area contributed by atoms with E-state index in [1.807, 2.05) is 6.26 Å². The molecule has 0 aliphatic carbocycles. The van der Waals surface area contributed by atoms with Gasteiger partial charge in [0.2, 0.25) is 5.89 Å². The van der Waals surface area contributed by atoms with Crippen molar-refractivity contribution in [3.8, 4) is 0 Å². The Morgan fingerprint density at radius 2 is 2.75 bits per heavy atom. The number of hydrogen-bond donors (Lipinski definition) is 0. The van der Waals surface area contributed by atoms with Gasteiger partial charge in [-0.15, -0.1) is 10.2 Å². The minimum Gasteiger partial charge on any atom is -0.416 e. The molecule has 0 bridgehead atoms. The molecule has 0 spiro atoms. The van der Waals surface area contributed by atoms with E-state index in [1.165, 1.54) is 0 Å². The van der Waals surface area contributed by atoms with E-state index in [4.69, 9.17) is 4.42 Å². The predicted octanol–water partition coefficient (Wildman–Crippen LogP) is 0.733. The smallest absolute Gasteiger partial charge is 0.305 e. The van der Waals surface area contributed by atoms with Crippen molar-refractivity contribution in [1.82, 2.24) is 10.2 Å². The van der Waals surface area contributed by atoms with Crippen molar-refractivity contribution in [2.75, 3.05) is 6.26 Å². The lowest BCUT2D eigenvalue weighted by Crippen LogP contribution is -1.76. The van der Waals surface area contributed by atoms with Crippen molar-refractivity contribution >= 4 is 11.8 Å². The van der Waals surface area contributed by atoms with Crippen molar-refractivity contribution in [1.29, 1.82) is 0 Å². The first-order chi connectivity index (χ1) is 3.93. The highest BCUT2D eigenvalue weighted by Gasteiger charge is 1.93. The monoisotopic (exact) mass is 129 g/mol. The highest BCUT2D eigenvalue weighted by Crippen LogP contribution is 2.02. The third-order valence-electron chi connectivity index (χ3n) is 0.634. The third-order valence-corrected chi connectivity index (χ3v) is 1.17. The second kappa shape index (κ2) is 2.71. The molecule has 0 aliphatic heterocycles. The summed E-state index contributed by atoms with van der Waals surface area (Å²) < 4.78 is 4.71. The highest BCUT2D eigenvalue weighted by atomic mass is 32.2. The minimum atomic E-state index is 0.637. The SMILES string of the molecule is CSCc1nn[c]o1. The number of thioether (sulfide) groups is 1. The topological polar surface area (TPSA) is 38.9 Å². The molecule has 1 aromatic rings. The molecule has 0 saturated carbocycles. The molecule has 0 N–H and O–H groups in total. The molecule has 0 fully saturated rings. The van der Waals surface area contributed by atoms with E-state index < -0.39 is 0 Å². The van der Waals surface area contributed by atoms with Gasteiger partial charge < -0.3 is 4.42 Å². The standard InChI is InChI=1S/C4H5N2OS/c1-8-2-4-6-5-3-7-4/h2H2,1H3. The van der Waals surface area contributed by atoms with Gasteiger partial charge in [-0.3, -0.25) is 0 Å². The average Bonchev–Trinajstić information content (AvgIpc) is 2.19. The molecule has 0 amide bonds. The fourth-order valence-corrected chi connectivity index (χ4v) is 0.715. The van der Waals surface area contributed by atoms with Gasteiger partial charge in [0.1, 0.15) is 0 Å². The maximum atomic E-state index is 4.71. The maximum absolute atomic E-state index is 4.71. The van der Waals surface area contributed by atoms with Gasteiger partial charge in [0.15, 0.2) is 0 Å². The van der Waals surface area contributed by atoms with Crippen LogP contribution in [0.4, 0.5) is 0 Å². The zero-order valence-corrected chi connectivity index (χ0v) is 5.23. The molecule has 1 rings (SSSR count). The summed E-state index contributed by atoms with van der Waals surface area (Å²) in [7, 11) is 0. The molecule has 3 nitrogen and oxygen atoms in total. The molecule has 0 unspecified atom stereocenters. The van der Waals surface area contributed by atoms with E-state index in [2.05, 4.69) is 16.6 Å². The number of hydrogen-bond acceptors (Lipinski definition) is 4. The Balaban J connectivity index is 2.50. The lowest BCUT2D eigenvalue weighted by atomic mass is 10.8. The van der Waals surface area contributed by atoms with Crippen LogP contribution in [0, 0.1) is 6.39 Å². The molecule has 1 heterocycles. The van der Waals surface area contributed by atoms with Crippen LogP contribution in [0.15, 0.2) is 4.42 Å². The van der Waals surface area contributed by atoms with E-state index in [0.717, 1.165) is 5.75 Å². The fourth-order valence-electron chi connectivity index (χ4n) is 0.351. The quantitative estimate of drug-likeness (QED) is 0.590. The van der Waals surface area contributed by atoms with Gasteiger partial charge in [0.05, 0.1) is 5.75 Å². The summed E-state index contributed by atoms with van der Waals surface area (Å²) in [5.74, 6) is 1.41. The van der Waals surface area contributed by atoms with Crippen LogP contribution in [-0.4, -0.2) is 16.5 Å². The van der Waals surface area contributed by atoms with Crippen LogP contribution < -0.4 is 0 Å². The van der Waals surface area contributed by atoms with Crippen molar-refractivity contribution in [3.05, 3.63) is 12.3 Å². The normalized spacial score (nSPS) is 9.62. The van der Waals surface area contributed by atoms with Crippen molar-refractivity contribution in [2.24, 2.45) is 0 Å². The summed E-state index contributed by atoms with van der Waals surface area (Å²) in [5, 5.41) is 7.00. The Kier molecular flexibility index (Phi) is 1.91. The summed E-state index contributed by atoms with van der Waals surface area (Å²) in [4.78, 5) is 0. The average molecular weight is 129 g/mol. The number of rotatable bonds is 2. The second-order valence-electron chi connectivity index (χ2n) is 1.22. The Morgan fingerprint density at radius 3 is 3.25 bits per heavy atom. The molecular formula is C4H5N2OS. The molecule has 0 atom stereocenters. The summed E-state index contributed by atoms with van der Waals surface area (Å²) in [5.41, 5.74) is 0. The third kappa shape index (κ3) is 1.23. The van der Waals surface area contributed by atoms with Crippen molar-refractivity contribution in [3.63, 3.8) is 0 Å². The first-order valence-electron chi connectivity index (χ1n) is 2.11. The lowest BCUT2D eigenvalue weighted by Gasteiger charge is -1.82. The zero-order chi connectivity index (χ0) is 5.82. The van der Waals surface area contributed by atoms with Gasteiger partial charge >= 0.3 is 6.39 Å². The van der Waals surface area contributed by atoms with Gasteiger partial charge in [-0.25, -0.2) is 0 Å². The second-order valence-corrected chi connectivity index (χ2v) is 2.09. The number of aromatic nitrogens is 2.